The molecule has 5 nitrogen and oxygen atoms in total. The smallest absolute Gasteiger partial charge is 0.182 e. The van der Waals surface area contributed by atoms with E-state index < -0.39 is 0 Å². The lowest BCUT2D eigenvalue weighted by atomic mass is 10.1. The summed E-state index contributed by atoms with van der Waals surface area (Å²) >= 11 is 1.75. The Morgan fingerprint density at radius 3 is 2.77 bits per heavy atom. The Balaban J connectivity index is 1.51. The number of nitrogens with one attached hydrogen (secondary N) is 2. The van der Waals surface area contributed by atoms with E-state index in [-0.39, 0.29) is 0 Å². The number of aromatic nitrogens is 4. The zero-order chi connectivity index (χ0) is 14.8. The van der Waals surface area contributed by atoms with Gasteiger partial charge in [0, 0.05) is 11.4 Å². The van der Waals surface area contributed by atoms with Crippen molar-refractivity contribution in [1.29, 1.82) is 0 Å². The molecule has 4 aromatic rings. The molecule has 0 aliphatic heterocycles. The fraction of sp³-hybridized carbons (Fsp3) is 0.0625. The third-order valence-corrected chi connectivity index (χ3v) is 4.36. The zero-order valence-electron chi connectivity index (χ0n) is 11.7. The molecule has 22 heavy (non-hydrogen) atoms. The number of thiophene rings is 1. The Labute approximate surface area is 131 Å². The third-order valence-electron chi connectivity index (χ3n) is 3.44. The first-order valence-electron chi connectivity index (χ1n) is 6.91. The lowest BCUT2D eigenvalue weighted by Crippen LogP contribution is -2.02. The van der Waals surface area contributed by atoms with Gasteiger partial charge in [-0.25, -0.2) is 15.0 Å². The molecule has 0 radical (unpaired) electrons. The number of hydrogen-bond acceptors (Lipinski definition) is 5. The maximum Gasteiger partial charge on any atom is 0.182 e. The van der Waals surface area contributed by atoms with Crippen molar-refractivity contribution in [3.8, 4) is 10.4 Å². The lowest BCUT2D eigenvalue weighted by Gasteiger charge is -2.07. The van der Waals surface area contributed by atoms with Gasteiger partial charge in [0.1, 0.15) is 11.8 Å². The van der Waals surface area contributed by atoms with E-state index in [1.807, 2.05) is 0 Å². The van der Waals surface area contributed by atoms with E-state index >= 15 is 0 Å². The summed E-state index contributed by atoms with van der Waals surface area (Å²) in [5.74, 6) is 0.768. The number of fused-ring (bicyclic) bond motifs is 1. The first-order valence-corrected chi connectivity index (χ1v) is 7.79. The minimum atomic E-state index is 0.672. The lowest BCUT2D eigenvalue weighted by molar-refractivity contribution is 1.10. The van der Waals surface area contributed by atoms with Crippen LogP contribution in [-0.4, -0.2) is 19.9 Å². The molecule has 0 amide bonds. The van der Waals surface area contributed by atoms with Gasteiger partial charge in [-0.15, -0.1) is 11.3 Å². The minimum absolute atomic E-state index is 0.672. The predicted octanol–water partition coefficient (Wildman–Crippen LogP) is 3.69. The van der Waals surface area contributed by atoms with Crippen molar-refractivity contribution in [1.82, 2.24) is 19.9 Å². The standard InChI is InChI=1S/C16H13N5S/c1-2-13(22-7-1)12-5-3-11(4-6-12)8-17-15-14-16(19-9-18-14)21-10-20-15/h1-7,9-10H,8H2,(H2,17,18,19,20,21). The van der Waals surface area contributed by atoms with Crippen LogP contribution in [0.3, 0.4) is 0 Å². The van der Waals surface area contributed by atoms with Crippen molar-refractivity contribution in [2.75, 3.05) is 5.32 Å². The quantitative estimate of drug-likeness (QED) is 0.603. The molecule has 108 valence electrons. The van der Waals surface area contributed by atoms with Crippen molar-refractivity contribution >= 4 is 28.3 Å². The molecule has 0 fully saturated rings. The number of anilines is 1. The normalized spacial score (nSPS) is 10.9. The van der Waals surface area contributed by atoms with Crippen molar-refractivity contribution in [2.24, 2.45) is 0 Å². The number of rotatable bonds is 4. The van der Waals surface area contributed by atoms with Crippen LogP contribution in [0.2, 0.25) is 0 Å². The summed E-state index contributed by atoms with van der Waals surface area (Å²) in [4.78, 5) is 16.8. The van der Waals surface area contributed by atoms with E-state index in [0.29, 0.717) is 12.2 Å². The van der Waals surface area contributed by atoms with Gasteiger partial charge in [-0.2, -0.15) is 0 Å². The molecule has 0 unspecified atom stereocenters. The molecular weight excluding hydrogens is 294 g/mol. The van der Waals surface area contributed by atoms with Crippen LogP contribution in [-0.2, 0) is 6.54 Å². The molecule has 0 saturated heterocycles. The Bertz CT molecular complexity index is 880. The molecule has 2 N–H and O–H groups in total. The number of nitrogens with zero attached hydrogens (tertiary/aromatic N) is 3. The van der Waals surface area contributed by atoms with Gasteiger partial charge in [0.05, 0.1) is 6.33 Å². The van der Waals surface area contributed by atoms with Crippen LogP contribution in [0.15, 0.2) is 54.4 Å². The topological polar surface area (TPSA) is 66.5 Å². The van der Waals surface area contributed by atoms with Crippen molar-refractivity contribution < 1.29 is 0 Å². The zero-order valence-corrected chi connectivity index (χ0v) is 12.5. The van der Waals surface area contributed by atoms with Crippen LogP contribution in [0.25, 0.3) is 21.6 Å². The summed E-state index contributed by atoms with van der Waals surface area (Å²) in [7, 11) is 0. The van der Waals surface area contributed by atoms with Gasteiger partial charge in [0.2, 0.25) is 0 Å². The highest BCUT2D eigenvalue weighted by Gasteiger charge is 2.05. The molecule has 0 aliphatic rings. The summed E-state index contributed by atoms with van der Waals surface area (Å²) in [5, 5.41) is 5.42. The monoisotopic (exact) mass is 307 g/mol. The second-order valence-corrected chi connectivity index (χ2v) is 5.80. The highest BCUT2D eigenvalue weighted by Crippen LogP contribution is 2.25. The molecule has 0 spiro atoms. The number of H-pyrrole nitrogens is 1. The fourth-order valence-electron chi connectivity index (χ4n) is 2.31. The highest BCUT2D eigenvalue weighted by atomic mass is 32.1. The predicted molar refractivity (Wildman–Crippen MR) is 88.8 cm³/mol. The summed E-state index contributed by atoms with van der Waals surface area (Å²) in [6, 6.07) is 12.8. The minimum Gasteiger partial charge on any atom is -0.364 e. The van der Waals surface area contributed by atoms with Crippen LogP contribution in [0.4, 0.5) is 5.82 Å². The van der Waals surface area contributed by atoms with Crippen LogP contribution in [0.1, 0.15) is 5.56 Å². The van der Waals surface area contributed by atoms with Crippen LogP contribution >= 0.6 is 11.3 Å². The average Bonchev–Trinajstić information content (AvgIpc) is 3.24. The van der Waals surface area contributed by atoms with Crippen LogP contribution in [0.5, 0.6) is 0 Å². The van der Waals surface area contributed by atoms with E-state index in [4.69, 9.17) is 0 Å². The van der Waals surface area contributed by atoms with Gasteiger partial charge in [0.15, 0.2) is 11.5 Å². The molecule has 3 aromatic heterocycles. The van der Waals surface area contributed by atoms with Gasteiger partial charge in [-0.05, 0) is 22.6 Å². The maximum atomic E-state index is 4.26. The second kappa shape index (κ2) is 5.57. The molecule has 1 aromatic carbocycles. The SMILES string of the molecule is c1csc(-c2ccc(CNc3ncnc4nc[nH]c34)cc2)c1. The average molecular weight is 307 g/mol. The van der Waals surface area contributed by atoms with Crippen LogP contribution < -0.4 is 5.32 Å². The van der Waals surface area contributed by atoms with Crippen molar-refractivity contribution in [2.45, 2.75) is 6.54 Å². The molecule has 0 saturated carbocycles. The molecule has 3 heterocycles. The first-order chi connectivity index (χ1) is 10.9. The summed E-state index contributed by atoms with van der Waals surface area (Å²) in [5.41, 5.74) is 3.95. The molecule has 0 atom stereocenters. The number of hydrogen-bond donors (Lipinski definition) is 2. The van der Waals surface area contributed by atoms with Crippen LogP contribution in [0, 0.1) is 0 Å². The number of imidazole rings is 1. The van der Waals surface area contributed by atoms with Crippen molar-refractivity contribution in [3.05, 3.63) is 60.0 Å². The summed E-state index contributed by atoms with van der Waals surface area (Å²) in [6.07, 6.45) is 3.14. The van der Waals surface area contributed by atoms with E-state index in [9.17, 15) is 0 Å². The third kappa shape index (κ3) is 2.44. The fourth-order valence-corrected chi connectivity index (χ4v) is 3.05. The first kappa shape index (κ1) is 13.0. The largest absolute Gasteiger partial charge is 0.364 e. The number of benzene rings is 1. The highest BCUT2D eigenvalue weighted by molar-refractivity contribution is 7.13. The van der Waals surface area contributed by atoms with Gasteiger partial charge >= 0.3 is 0 Å². The van der Waals surface area contributed by atoms with Crippen molar-refractivity contribution in [3.63, 3.8) is 0 Å². The van der Waals surface area contributed by atoms with E-state index in [1.165, 1.54) is 22.3 Å². The van der Waals surface area contributed by atoms with Gasteiger partial charge in [0.25, 0.3) is 0 Å². The molecular formula is C16H13N5S. The van der Waals surface area contributed by atoms with E-state index in [2.05, 4.69) is 67.0 Å². The molecule has 0 aliphatic carbocycles. The van der Waals surface area contributed by atoms with E-state index in [1.54, 1.807) is 17.7 Å². The Kier molecular flexibility index (Phi) is 3.29. The second-order valence-electron chi connectivity index (χ2n) is 4.85. The Hall–Kier alpha value is -2.73. The van der Waals surface area contributed by atoms with Gasteiger partial charge < -0.3 is 10.3 Å². The molecule has 4 rings (SSSR count). The Morgan fingerprint density at radius 2 is 1.95 bits per heavy atom. The molecule has 0 bridgehead atoms. The molecule has 6 heteroatoms. The van der Waals surface area contributed by atoms with Gasteiger partial charge in [-0.3, -0.25) is 0 Å². The maximum absolute atomic E-state index is 4.26. The number of aromatic amines is 1. The summed E-state index contributed by atoms with van der Waals surface area (Å²) < 4.78 is 0. The Morgan fingerprint density at radius 1 is 1.05 bits per heavy atom. The van der Waals surface area contributed by atoms with E-state index in [0.717, 1.165) is 11.3 Å². The summed E-state index contributed by atoms with van der Waals surface area (Å²) in [6.45, 7) is 0.704. The van der Waals surface area contributed by atoms with Gasteiger partial charge in [-0.1, -0.05) is 30.3 Å².